The van der Waals surface area contributed by atoms with E-state index in [4.69, 9.17) is 4.74 Å². The van der Waals surface area contributed by atoms with E-state index < -0.39 is 0 Å². The average molecular weight is 298 g/mol. The van der Waals surface area contributed by atoms with Crippen molar-refractivity contribution in [2.24, 2.45) is 0 Å². The standard InChI is InChI=1S/C14H26N4O3/c1-21-11-14(20)18-6-2-12(3-7-18)16-13(19)10-17-8-4-15-5-9-17/h12,15H,2-11H2,1H3,(H,16,19). The van der Waals surface area contributed by atoms with Crippen molar-refractivity contribution in [3.8, 4) is 0 Å². The van der Waals surface area contributed by atoms with E-state index in [0.29, 0.717) is 19.6 Å². The van der Waals surface area contributed by atoms with Crippen molar-refractivity contribution in [1.29, 1.82) is 0 Å². The zero-order chi connectivity index (χ0) is 15.1. The molecule has 0 spiro atoms. The van der Waals surface area contributed by atoms with E-state index in [2.05, 4.69) is 15.5 Å². The van der Waals surface area contributed by atoms with Gasteiger partial charge in [-0.25, -0.2) is 0 Å². The molecule has 0 bridgehead atoms. The van der Waals surface area contributed by atoms with Crippen LogP contribution in [0.15, 0.2) is 0 Å². The molecular formula is C14H26N4O3. The fraction of sp³-hybridized carbons (Fsp3) is 0.857. The minimum absolute atomic E-state index is 0.0306. The van der Waals surface area contributed by atoms with Gasteiger partial charge < -0.3 is 20.3 Å². The van der Waals surface area contributed by atoms with Crippen LogP contribution >= 0.6 is 0 Å². The van der Waals surface area contributed by atoms with Gasteiger partial charge in [0.05, 0.1) is 6.54 Å². The lowest BCUT2D eigenvalue weighted by molar-refractivity contribution is -0.136. The smallest absolute Gasteiger partial charge is 0.248 e. The van der Waals surface area contributed by atoms with E-state index in [9.17, 15) is 9.59 Å². The van der Waals surface area contributed by atoms with Gasteiger partial charge in [0.2, 0.25) is 11.8 Å². The number of likely N-dealkylation sites (tertiary alicyclic amines) is 1. The van der Waals surface area contributed by atoms with Gasteiger partial charge in [0.25, 0.3) is 0 Å². The molecule has 2 aliphatic heterocycles. The van der Waals surface area contributed by atoms with Gasteiger partial charge in [-0.2, -0.15) is 0 Å². The minimum Gasteiger partial charge on any atom is -0.375 e. The quantitative estimate of drug-likeness (QED) is 0.656. The summed E-state index contributed by atoms with van der Waals surface area (Å²) in [6.45, 7) is 5.77. The molecule has 2 amide bonds. The fourth-order valence-electron chi connectivity index (χ4n) is 2.83. The fourth-order valence-corrected chi connectivity index (χ4v) is 2.83. The van der Waals surface area contributed by atoms with Crippen LogP contribution in [-0.4, -0.2) is 87.2 Å². The lowest BCUT2D eigenvalue weighted by atomic mass is 10.0. The van der Waals surface area contributed by atoms with Crippen LogP contribution in [0.3, 0.4) is 0 Å². The number of methoxy groups -OCH3 is 1. The van der Waals surface area contributed by atoms with Crippen LogP contribution in [0.4, 0.5) is 0 Å². The zero-order valence-corrected chi connectivity index (χ0v) is 12.8. The Morgan fingerprint density at radius 1 is 1.19 bits per heavy atom. The number of amides is 2. The number of nitrogens with zero attached hydrogens (tertiary/aromatic N) is 2. The van der Waals surface area contributed by atoms with Crippen molar-refractivity contribution in [3.63, 3.8) is 0 Å². The van der Waals surface area contributed by atoms with Gasteiger partial charge in [-0.15, -0.1) is 0 Å². The first-order valence-electron chi connectivity index (χ1n) is 7.68. The van der Waals surface area contributed by atoms with Crippen LogP contribution in [0, 0.1) is 0 Å². The zero-order valence-electron chi connectivity index (χ0n) is 12.8. The summed E-state index contributed by atoms with van der Waals surface area (Å²) in [5, 5.41) is 6.36. The number of nitrogens with one attached hydrogen (secondary N) is 2. The summed E-state index contributed by atoms with van der Waals surface area (Å²) < 4.78 is 4.86. The molecule has 0 aromatic rings. The molecule has 2 rings (SSSR count). The van der Waals surface area contributed by atoms with Crippen LogP contribution in [0.5, 0.6) is 0 Å². The summed E-state index contributed by atoms with van der Waals surface area (Å²) in [4.78, 5) is 27.7. The normalized spacial score (nSPS) is 21.3. The second-order valence-electron chi connectivity index (χ2n) is 5.68. The molecule has 2 N–H and O–H groups in total. The van der Waals surface area contributed by atoms with Crippen molar-refractivity contribution < 1.29 is 14.3 Å². The molecule has 0 aromatic heterocycles. The van der Waals surface area contributed by atoms with Crippen molar-refractivity contribution in [2.75, 3.05) is 59.5 Å². The highest BCUT2D eigenvalue weighted by atomic mass is 16.5. The number of ether oxygens (including phenoxy) is 1. The molecule has 2 heterocycles. The maximum Gasteiger partial charge on any atom is 0.248 e. The molecular weight excluding hydrogens is 272 g/mol. The third-order valence-electron chi connectivity index (χ3n) is 4.06. The SMILES string of the molecule is COCC(=O)N1CCC(NC(=O)CN2CCNCC2)CC1. The number of carbonyl (C=O) groups excluding carboxylic acids is 2. The lowest BCUT2D eigenvalue weighted by Gasteiger charge is -2.33. The molecule has 2 aliphatic rings. The van der Waals surface area contributed by atoms with Gasteiger partial charge in [0.15, 0.2) is 0 Å². The predicted octanol–water partition coefficient (Wildman–Crippen LogP) is -1.35. The summed E-state index contributed by atoms with van der Waals surface area (Å²) in [6, 6.07) is 0.187. The Bertz CT molecular complexity index is 350. The summed E-state index contributed by atoms with van der Waals surface area (Å²) in [6.07, 6.45) is 1.64. The third kappa shape index (κ3) is 5.26. The number of hydrogen-bond donors (Lipinski definition) is 2. The van der Waals surface area contributed by atoms with Gasteiger partial charge in [0, 0.05) is 52.4 Å². The molecule has 0 saturated carbocycles. The molecule has 120 valence electrons. The van der Waals surface area contributed by atoms with Crippen molar-refractivity contribution >= 4 is 11.8 Å². The maximum absolute atomic E-state index is 12.0. The van der Waals surface area contributed by atoms with E-state index in [1.165, 1.54) is 7.11 Å². The first-order valence-corrected chi connectivity index (χ1v) is 7.68. The Balaban J connectivity index is 1.65. The minimum atomic E-state index is 0.0306. The van der Waals surface area contributed by atoms with E-state index in [0.717, 1.165) is 39.0 Å². The molecule has 21 heavy (non-hydrogen) atoms. The molecule has 0 atom stereocenters. The number of piperidine rings is 1. The van der Waals surface area contributed by atoms with Crippen LogP contribution in [0.1, 0.15) is 12.8 Å². The molecule has 2 fully saturated rings. The van der Waals surface area contributed by atoms with Crippen LogP contribution in [0.2, 0.25) is 0 Å². The molecule has 7 heteroatoms. The van der Waals surface area contributed by atoms with Crippen molar-refractivity contribution in [3.05, 3.63) is 0 Å². The summed E-state index contributed by atoms with van der Waals surface area (Å²) in [7, 11) is 1.53. The second kappa shape index (κ2) is 8.31. The molecule has 7 nitrogen and oxygen atoms in total. The maximum atomic E-state index is 12.0. The van der Waals surface area contributed by atoms with Crippen LogP contribution in [-0.2, 0) is 14.3 Å². The second-order valence-corrected chi connectivity index (χ2v) is 5.68. The predicted molar refractivity (Wildman–Crippen MR) is 78.9 cm³/mol. The lowest BCUT2D eigenvalue weighted by Crippen LogP contribution is -2.51. The largest absolute Gasteiger partial charge is 0.375 e. The molecule has 0 aromatic carbocycles. The first-order chi connectivity index (χ1) is 10.2. The Hall–Kier alpha value is -1.18. The Labute approximate surface area is 126 Å². The van der Waals surface area contributed by atoms with Gasteiger partial charge >= 0.3 is 0 Å². The van der Waals surface area contributed by atoms with Crippen LogP contribution < -0.4 is 10.6 Å². The van der Waals surface area contributed by atoms with Gasteiger partial charge in [0.1, 0.15) is 6.61 Å². The first kappa shape index (κ1) is 16.2. The number of hydrogen-bond acceptors (Lipinski definition) is 5. The number of piperazine rings is 1. The molecule has 2 saturated heterocycles. The Morgan fingerprint density at radius 2 is 1.86 bits per heavy atom. The van der Waals surface area contributed by atoms with Crippen molar-refractivity contribution in [1.82, 2.24) is 20.4 Å². The summed E-state index contributed by atoms with van der Waals surface area (Å²) in [5.74, 6) is 0.127. The number of rotatable bonds is 5. The highest BCUT2D eigenvalue weighted by Gasteiger charge is 2.24. The molecule has 0 radical (unpaired) electrons. The van der Waals surface area contributed by atoms with Crippen molar-refractivity contribution in [2.45, 2.75) is 18.9 Å². The molecule has 0 unspecified atom stereocenters. The Morgan fingerprint density at radius 3 is 2.48 bits per heavy atom. The highest BCUT2D eigenvalue weighted by Crippen LogP contribution is 2.10. The van der Waals surface area contributed by atoms with Gasteiger partial charge in [-0.1, -0.05) is 0 Å². The van der Waals surface area contributed by atoms with E-state index in [1.807, 2.05) is 4.90 Å². The van der Waals surface area contributed by atoms with Gasteiger partial charge in [-0.3, -0.25) is 14.5 Å². The van der Waals surface area contributed by atoms with Crippen LogP contribution in [0.25, 0.3) is 0 Å². The van der Waals surface area contributed by atoms with Gasteiger partial charge in [-0.05, 0) is 12.8 Å². The van der Waals surface area contributed by atoms with E-state index in [-0.39, 0.29) is 24.5 Å². The third-order valence-corrected chi connectivity index (χ3v) is 4.06. The van der Waals surface area contributed by atoms with E-state index >= 15 is 0 Å². The number of carbonyl (C=O) groups is 2. The topological polar surface area (TPSA) is 73.9 Å². The highest BCUT2D eigenvalue weighted by molar-refractivity contribution is 5.79. The average Bonchev–Trinajstić information content (AvgIpc) is 2.49. The van der Waals surface area contributed by atoms with E-state index in [1.54, 1.807) is 0 Å². The summed E-state index contributed by atoms with van der Waals surface area (Å²) >= 11 is 0. The Kier molecular flexibility index (Phi) is 6.41. The molecule has 0 aliphatic carbocycles. The monoisotopic (exact) mass is 298 g/mol. The summed E-state index contributed by atoms with van der Waals surface area (Å²) in [5.41, 5.74) is 0.